The second-order valence-corrected chi connectivity index (χ2v) is 9.77. The zero-order valence-electron chi connectivity index (χ0n) is 19.4. The van der Waals surface area contributed by atoms with E-state index in [2.05, 4.69) is 23.1 Å². The van der Waals surface area contributed by atoms with Crippen LogP contribution in [0.3, 0.4) is 0 Å². The SMILES string of the molecule is C=C(OCCOCCNS(=O)(=O)NC(=O)OC[C@@H]1[C@@H]2CCC#CCC[C@@H]21)Oc1ccc(C)cc1. The average molecular weight is 493 g/mol. The van der Waals surface area contributed by atoms with Crippen molar-refractivity contribution in [1.82, 2.24) is 9.44 Å². The molecule has 0 saturated heterocycles. The highest BCUT2D eigenvalue weighted by Crippen LogP contribution is 2.52. The molecule has 1 saturated carbocycles. The quantitative estimate of drug-likeness (QED) is 0.247. The Morgan fingerprint density at radius 2 is 1.74 bits per heavy atom. The van der Waals surface area contributed by atoms with Crippen LogP contribution in [-0.2, 0) is 24.4 Å². The van der Waals surface area contributed by atoms with Gasteiger partial charge >= 0.3 is 16.3 Å². The van der Waals surface area contributed by atoms with Crippen LogP contribution >= 0.6 is 0 Å². The minimum Gasteiger partial charge on any atom is -0.463 e. The summed E-state index contributed by atoms with van der Waals surface area (Å²) in [5, 5.41) is 0. The first-order valence-electron chi connectivity index (χ1n) is 11.4. The number of fused-ring (bicyclic) bond motifs is 1. The summed E-state index contributed by atoms with van der Waals surface area (Å²) in [5.41, 5.74) is 1.12. The summed E-state index contributed by atoms with van der Waals surface area (Å²) in [4.78, 5) is 11.9. The first-order valence-corrected chi connectivity index (χ1v) is 12.9. The van der Waals surface area contributed by atoms with Crippen molar-refractivity contribution in [3.63, 3.8) is 0 Å². The van der Waals surface area contributed by atoms with Crippen molar-refractivity contribution in [3.05, 3.63) is 42.4 Å². The average Bonchev–Trinajstić information content (AvgIpc) is 3.41. The second-order valence-electron chi connectivity index (χ2n) is 8.27. The Morgan fingerprint density at radius 1 is 1.06 bits per heavy atom. The van der Waals surface area contributed by atoms with Gasteiger partial charge in [0.15, 0.2) is 0 Å². The number of amides is 1. The highest BCUT2D eigenvalue weighted by atomic mass is 32.2. The second kappa shape index (κ2) is 12.6. The molecule has 0 heterocycles. The lowest BCUT2D eigenvalue weighted by Gasteiger charge is -2.11. The van der Waals surface area contributed by atoms with Crippen LogP contribution in [0.25, 0.3) is 0 Å². The van der Waals surface area contributed by atoms with Gasteiger partial charge in [0.05, 0.1) is 19.8 Å². The highest BCUT2D eigenvalue weighted by molar-refractivity contribution is 7.88. The Labute approximate surface area is 201 Å². The molecule has 2 aliphatic rings. The van der Waals surface area contributed by atoms with E-state index in [9.17, 15) is 13.2 Å². The monoisotopic (exact) mass is 492 g/mol. The predicted octanol–water partition coefficient (Wildman–Crippen LogP) is 2.88. The van der Waals surface area contributed by atoms with Gasteiger partial charge in [-0.25, -0.2) is 9.52 Å². The molecule has 0 spiro atoms. The van der Waals surface area contributed by atoms with E-state index in [1.54, 1.807) is 0 Å². The van der Waals surface area contributed by atoms with Crippen LogP contribution in [0.2, 0.25) is 0 Å². The topological polar surface area (TPSA) is 112 Å². The molecule has 34 heavy (non-hydrogen) atoms. The zero-order valence-corrected chi connectivity index (χ0v) is 20.2. The van der Waals surface area contributed by atoms with Crippen molar-refractivity contribution >= 4 is 16.3 Å². The van der Waals surface area contributed by atoms with Crippen LogP contribution in [0.15, 0.2) is 36.8 Å². The normalized spacial score (nSPS) is 21.0. The first kappa shape index (κ1) is 25.9. The van der Waals surface area contributed by atoms with Gasteiger partial charge in [-0.15, -0.1) is 11.8 Å². The van der Waals surface area contributed by atoms with Gasteiger partial charge < -0.3 is 18.9 Å². The van der Waals surface area contributed by atoms with Crippen molar-refractivity contribution in [2.75, 3.05) is 33.0 Å². The van der Waals surface area contributed by atoms with Crippen molar-refractivity contribution in [1.29, 1.82) is 0 Å². The van der Waals surface area contributed by atoms with Gasteiger partial charge in [0, 0.05) is 19.4 Å². The van der Waals surface area contributed by atoms with Crippen molar-refractivity contribution in [2.24, 2.45) is 17.8 Å². The molecular weight excluding hydrogens is 460 g/mol. The number of aryl methyl sites for hydroxylation is 1. The standard InChI is InChI=1S/C24H32N2O7S/c1-18-9-11-20(12-10-18)33-19(2)31-16-15-30-14-13-25-34(28,29)26-24(27)32-17-23-21-7-5-3-4-6-8-22(21)23/h9-12,21-23,25H,2,5-8,13-17H2,1H3,(H,26,27)/t21-,22+,23-. The van der Waals surface area contributed by atoms with E-state index in [0.717, 1.165) is 31.2 Å². The largest absolute Gasteiger partial charge is 0.463 e. The molecule has 10 heteroatoms. The van der Waals surface area contributed by atoms with Crippen LogP contribution in [-0.4, -0.2) is 47.5 Å². The molecule has 9 nitrogen and oxygen atoms in total. The Kier molecular flexibility index (Phi) is 9.62. The molecule has 3 rings (SSSR count). The Hall–Kier alpha value is -2.74. The number of hydrogen-bond acceptors (Lipinski definition) is 7. The third-order valence-electron chi connectivity index (χ3n) is 5.75. The molecule has 1 aromatic carbocycles. The number of benzene rings is 1. The fourth-order valence-electron chi connectivity index (χ4n) is 3.96. The molecule has 1 aromatic rings. The lowest BCUT2D eigenvalue weighted by molar-refractivity contribution is 0.0445. The number of rotatable bonds is 13. The highest BCUT2D eigenvalue weighted by Gasteiger charge is 2.49. The minimum atomic E-state index is -4.03. The molecule has 0 aromatic heterocycles. The molecule has 0 aliphatic heterocycles. The van der Waals surface area contributed by atoms with E-state index in [0.29, 0.717) is 17.6 Å². The van der Waals surface area contributed by atoms with Crippen LogP contribution in [0, 0.1) is 36.5 Å². The summed E-state index contributed by atoms with van der Waals surface area (Å²) >= 11 is 0. The third-order valence-corrected chi connectivity index (χ3v) is 6.77. The Balaban J connectivity index is 1.20. The number of ether oxygens (including phenoxy) is 4. The van der Waals surface area contributed by atoms with Gasteiger partial charge in [-0.05, 0) is 56.2 Å². The molecule has 0 unspecified atom stereocenters. The maximum Gasteiger partial charge on any atom is 0.421 e. The number of carbonyl (C=O) groups excluding carboxylic acids is 1. The third kappa shape index (κ3) is 8.89. The molecule has 0 bridgehead atoms. The smallest absolute Gasteiger partial charge is 0.421 e. The van der Waals surface area contributed by atoms with Crippen LogP contribution in [0.5, 0.6) is 5.75 Å². The maximum absolute atomic E-state index is 12.0. The molecule has 186 valence electrons. The van der Waals surface area contributed by atoms with E-state index < -0.39 is 16.3 Å². The summed E-state index contributed by atoms with van der Waals surface area (Å²) in [5.74, 6) is 8.34. The summed E-state index contributed by atoms with van der Waals surface area (Å²) in [7, 11) is -4.03. The fourth-order valence-corrected chi connectivity index (χ4v) is 4.66. The fraction of sp³-hybridized carbons (Fsp3) is 0.542. The van der Waals surface area contributed by atoms with Crippen LogP contribution in [0.1, 0.15) is 31.2 Å². The van der Waals surface area contributed by atoms with E-state index in [-0.39, 0.29) is 44.8 Å². The summed E-state index contributed by atoms with van der Waals surface area (Å²) < 4.78 is 49.2. The molecule has 2 aliphatic carbocycles. The van der Waals surface area contributed by atoms with Gasteiger partial charge in [-0.3, -0.25) is 0 Å². The molecule has 1 fully saturated rings. The van der Waals surface area contributed by atoms with Gasteiger partial charge in [-0.1, -0.05) is 17.7 Å². The van der Waals surface area contributed by atoms with Gasteiger partial charge in [0.2, 0.25) is 0 Å². The predicted molar refractivity (Wildman–Crippen MR) is 126 cm³/mol. The summed E-state index contributed by atoms with van der Waals surface area (Å²) in [6.45, 7) is 6.36. The van der Waals surface area contributed by atoms with E-state index >= 15 is 0 Å². The maximum atomic E-state index is 12.0. The van der Waals surface area contributed by atoms with Gasteiger partial charge in [-0.2, -0.15) is 13.1 Å². The number of nitrogens with one attached hydrogen (secondary N) is 2. The molecule has 3 atom stereocenters. The van der Waals surface area contributed by atoms with Gasteiger partial charge in [0.1, 0.15) is 12.4 Å². The summed E-state index contributed by atoms with van der Waals surface area (Å²) in [6, 6.07) is 7.45. The zero-order chi connectivity index (χ0) is 24.4. The molecule has 0 radical (unpaired) electrons. The van der Waals surface area contributed by atoms with Crippen molar-refractivity contribution in [3.8, 4) is 17.6 Å². The van der Waals surface area contributed by atoms with Crippen LogP contribution < -0.4 is 14.2 Å². The molecular formula is C24H32N2O7S. The summed E-state index contributed by atoms with van der Waals surface area (Å²) in [6.07, 6.45) is 2.76. The van der Waals surface area contributed by atoms with Gasteiger partial charge in [0.25, 0.3) is 5.95 Å². The van der Waals surface area contributed by atoms with E-state index in [1.165, 1.54) is 0 Å². The lowest BCUT2D eigenvalue weighted by atomic mass is 10.1. The Morgan fingerprint density at radius 3 is 2.41 bits per heavy atom. The van der Waals surface area contributed by atoms with Crippen molar-refractivity contribution in [2.45, 2.75) is 32.6 Å². The van der Waals surface area contributed by atoms with E-state index in [4.69, 9.17) is 18.9 Å². The molecule has 1 amide bonds. The lowest BCUT2D eigenvalue weighted by Crippen LogP contribution is -2.42. The Bertz CT molecular complexity index is 980. The number of carbonyl (C=O) groups is 1. The van der Waals surface area contributed by atoms with Crippen LogP contribution in [0.4, 0.5) is 4.79 Å². The molecule has 2 N–H and O–H groups in total. The first-order chi connectivity index (χ1) is 16.3. The number of hydrogen-bond donors (Lipinski definition) is 2. The van der Waals surface area contributed by atoms with E-state index in [1.807, 2.05) is 35.9 Å². The van der Waals surface area contributed by atoms with Crippen molar-refractivity contribution < 1.29 is 32.2 Å². The minimum absolute atomic E-state index is 0.0177.